The van der Waals surface area contributed by atoms with Gasteiger partial charge in [0.1, 0.15) is 4.88 Å². The number of nitrogens with one attached hydrogen (secondary N) is 2. The van der Waals surface area contributed by atoms with E-state index in [1.54, 1.807) is 20.3 Å². The lowest BCUT2D eigenvalue weighted by atomic mass is 10.3. The van der Waals surface area contributed by atoms with Crippen LogP contribution in [0.15, 0.2) is 6.07 Å². The molecule has 0 aliphatic carbocycles. The quantitative estimate of drug-likeness (QED) is 0.644. The Labute approximate surface area is 123 Å². The van der Waals surface area contributed by atoms with Crippen molar-refractivity contribution in [2.24, 2.45) is 0 Å². The molecule has 20 heavy (non-hydrogen) atoms. The van der Waals surface area contributed by atoms with Crippen LogP contribution in [0.2, 0.25) is 0 Å². The van der Waals surface area contributed by atoms with E-state index < -0.39 is 0 Å². The second kappa shape index (κ2) is 8.78. The van der Waals surface area contributed by atoms with Crippen molar-refractivity contribution in [2.75, 3.05) is 45.0 Å². The number of hydrogen-bond acceptors (Lipinski definition) is 6. The van der Waals surface area contributed by atoms with E-state index in [1.807, 2.05) is 6.92 Å². The van der Waals surface area contributed by atoms with Gasteiger partial charge in [-0.25, -0.2) is 0 Å². The maximum atomic E-state index is 11.9. The summed E-state index contributed by atoms with van der Waals surface area (Å²) in [6.45, 7) is 3.76. The lowest BCUT2D eigenvalue weighted by Crippen LogP contribution is -2.26. The highest BCUT2D eigenvalue weighted by atomic mass is 32.1. The monoisotopic (exact) mass is 301 g/mol. The number of carbonyl (C=O) groups excluding carboxylic acids is 1. The summed E-state index contributed by atoms with van der Waals surface area (Å²) >= 11 is 1.34. The average Bonchev–Trinajstić information content (AvgIpc) is 2.82. The van der Waals surface area contributed by atoms with E-state index in [2.05, 4.69) is 10.6 Å². The van der Waals surface area contributed by atoms with Crippen LogP contribution in [-0.2, 0) is 9.47 Å². The van der Waals surface area contributed by atoms with Gasteiger partial charge in [0, 0.05) is 27.3 Å². The minimum absolute atomic E-state index is 0.0410. The fourth-order valence-electron chi connectivity index (χ4n) is 1.60. The van der Waals surface area contributed by atoms with Crippen molar-refractivity contribution in [3.05, 3.63) is 10.9 Å². The number of carbonyl (C=O) groups is 1. The minimum atomic E-state index is -0.123. The van der Waals surface area contributed by atoms with Crippen LogP contribution in [0.25, 0.3) is 0 Å². The number of ether oxygens (including phenoxy) is 2. The molecule has 114 valence electrons. The van der Waals surface area contributed by atoms with Gasteiger partial charge in [-0.1, -0.05) is 6.92 Å². The molecule has 0 aromatic carbocycles. The van der Waals surface area contributed by atoms with Gasteiger partial charge in [-0.05, 0) is 12.5 Å². The van der Waals surface area contributed by atoms with Crippen molar-refractivity contribution in [2.45, 2.75) is 19.4 Å². The molecule has 1 amide bonds. The first-order chi connectivity index (χ1) is 9.62. The summed E-state index contributed by atoms with van der Waals surface area (Å²) in [5.74, 6) is -0.123. The number of thiophene rings is 1. The molecule has 0 aliphatic heterocycles. The van der Waals surface area contributed by atoms with E-state index in [-0.39, 0.29) is 12.0 Å². The highest BCUT2D eigenvalue weighted by Gasteiger charge is 2.14. The van der Waals surface area contributed by atoms with E-state index in [4.69, 9.17) is 15.2 Å². The first-order valence-electron chi connectivity index (χ1n) is 6.55. The Hall–Kier alpha value is -1.31. The standard InChI is InChI=1S/C13H23N3O3S/c1-4-5-15-13(17)12-10(14)6-11(20-12)16-7-9(19-3)8-18-2/h6,9,16H,4-5,7-8,14H2,1-3H3,(H,15,17). The van der Waals surface area contributed by atoms with Crippen LogP contribution < -0.4 is 16.4 Å². The Bertz CT molecular complexity index is 423. The van der Waals surface area contributed by atoms with Gasteiger partial charge in [0.05, 0.1) is 23.4 Å². The molecular weight excluding hydrogens is 278 g/mol. The summed E-state index contributed by atoms with van der Waals surface area (Å²) in [6.07, 6.45) is 0.856. The van der Waals surface area contributed by atoms with Crippen LogP contribution in [0, 0.1) is 0 Å². The van der Waals surface area contributed by atoms with Crippen molar-refractivity contribution in [3.8, 4) is 0 Å². The first-order valence-corrected chi connectivity index (χ1v) is 7.37. The number of amides is 1. The summed E-state index contributed by atoms with van der Waals surface area (Å²) in [4.78, 5) is 12.4. The van der Waals surface area contributed by atoms with Gasteiger partial charge in [-0.3, -0.25) is 4.79 Å². The summed E-state index contributed by atoms with van der Waals surface area (Å²) in [5, 5.41) is 6.87. The van der Waals surface area contributed by atoms with Crippen molar-refractivity contribution in [1.82, 2.24) is 5.32 Å². The van der Waals surface area contributed by atoms with Crippen LogP contribution in [0.4, 0.5) is 10.7 Å². The molecule has 4 N–H and O–H groups in total. The fourth-order valence-corrected chi connectivity index (χ4v) is 2.50. The molecule has 0 radical (unpaired) electrons. The van der Waals surface area contributed by atoms with Crippen molar-refractivity contribution in [1.29, 1.82) is 0 Å². The Balaban J connectivity index is 2.58. The largest absolute Gasteiger partial charge is 0.397 e. The summed E-state index contributed by atoms with van der Waals surface area (Å²) < 4.78 is 10.3. The van der Waals surface area contributed by atoms with E-state index in [0.29, 0.717) is 30.3 Å². The first kappa shape index (κ1) is 16.7. The average molecular weight is 301 g/mol. The van der Waals surface area contributed by atoms with Crippen LogP contribution in [0.1, 0.15) is 23.0 Å². The third-order valence-electron chi connectivity index (χ3n) is 2.69. The highest BCUT2D eigenvalue weighted by molar-refractivity contribution is 7.18. The van der Waals surface area contributed by atoms with Crippen LogP contribution >= 0.6 is 11.3 Å². The molecule has 1 aromatic rings. The Morgan fingerprint density at radius 3 is 2.85 bits per heavy atom. The molecular formula is C13H23N3O3S. The Morgan fingerprint density at radius 2 is 2.25 bits per heavy atom. The molecule has 1 aromatic heterocycles. The summed E-state index contributed by atoms with van der Waals surface area (Å²) in [6, 6.07) is 1.77. The van der Waals surface area contributed by atoms with Crippen LogP contribution in [0.3, 0.4) is 0 Å². The highest BCUT2D eigenvalue weighted by Crippen LogP contribution is 2.29. The molecule has 7 heteroatoms. The van der Waals surface area contributed by atoms with E-state index in [9.17, 15) is 4.79 Å². The second-order valence-electron chi connectivity index (χ2n) is 4.34. The van der Waals surface area contributed by atoms with Crippen molar-refractivity contribution < 1.29 is 14.3 Å². The van der Waals surface area contributed by atoms with Gasteiger partial charge in [0.25, 0.3) is 5.91 Å². The zero-order chi connectivity index (χ0) is 15.0. The molecule has 0 bridgehead atoms. The molecule has 1 heterocycles. The van der Waals surface area contributed by atoms with Crippen molar-refractivity contribution >= 4 is 27.9 Å². The molecule has 0 aliphatic rings. The number of rotatable bonds is 9. The van der Waals surface area contributed by atoms with Gasteiger partial charge >= 0.3 is 0 Å². The smallest absolute Gasteiger partial charge is 0.263 e. The van der Waals surface area contributed by atoms with Gasteiger partial charge in [0.15, 0.2) is 0 Å². The lowest BCUT2D eigenvalue weighted by molar-refractivity contribution is 0.0366. The van der Waals surface area contributed by atoms with Crippen LogP contribution in [0.5, 0.6) is 0 Å². The van der Waals surface area contributed by atoms with Crippen molar-refractivity contribution in [3.63, 3.8) is 0 Å². The second-order valence-corrected chi connectivity index (χ2v) is 5.40. The Kier molecular flexibility index (Phi) is 7.35. The number of hydrogen-bond donors (Lipinski definition) is 3. The maximum absolute atomic E-state index is 11.9. The predicted molar refractivity (Wildman–Crippen MR) is 82.5 cm³/mol. The summed E-state index contributed by atoms with van der Waals surface area (Å²) in [5.41, 5.74) is 6.36. The van der Waals surface area contributed by atoms with Gasteiger partial charge < -0.3 is 25.8 Å². The molecule has 0 fully saturated rings. The zero-order valence-corrected chi connectivity index (χ0v) is 13.0. The molecule has 1 rings (SSSR count). The number of anilines is 2. The molecule has 0 saturated carbocycles. The molecule has 1 atom stereocenters. The zero-order valence-electron chi connectivity index (χ0n) is 12.2. The van der Waals surface area contributed by atoms with E-state index in [0.717, 1.165) is 11.4 Å². The van der Waals surface area contributed by atoms with E-state index >= 15 is 0 Å². The van der Waals surface area contributed by atoms with Gasteiger partial charge in [-0.15, -0.1) is 11.3 Å². The SMILES string of the molecule is CCCNC(=O)c1sc(NCC(COC)OC)cc1N. The molecule has 6 nitrogen and oxygen atoms in total. The Morgan fingerprint density at radius 1 is 1.50 bits per heavy atom. The number of nitrogens with two attached hydrogens (primary N) is 1. The summed E-state index contributed by atoms with van der Waals surface area (Å²) in [7, 11) is 3.27. The maximum Gasteiger partial charge on any atom is 0.263 e. The third-order valence-corrected chi connectivity index (χ3v) is 3.80. The lowest BCUT2D eigenvalue weighted by Gasteiger charge is -2.14. The van der Waals surface area contributed by atoms with Gasteiger partial charge in [-0.2, -0.15) is 0 Å². The van der Waals surface area contributed by atoms with Gasteiger partial charge in [0.2, 0.25) is 0 Å². The number of nitrogen functional groups attached to an aromatic ring is 1. The van der Waals surface area contributed by atoms with Crippen LogP contribution in [-0.4, -0.2) is 45.9 Å². The molecule has 0 saturated heterocycles. The number of methoxy groups -OCH3 is 2. The topological polar surface area (TPSA) is 85.6 Å². The third kappa shape index (κ3) is 4.99. The van der Waals surface area contributed by atoms with E-state index in [1.165, 1.54) is 11.3 Å². The fraction of sp³-hybridized carbons (Fsp3) is 0.615. The normalized spacial score (nSPS) is 12.2. The molecule has 1 unspecified atom stereocenters. The molecule has 0 spiro atoms. The predicted octanol–water partition coefficient (Wildman–Crippen LogP) is 1.54. The minimum Gasteiger partial charge on any atom is -0.397 e.